The molecule has 0 aliphatic heterocycles. The predicted molar refractivity (Wildman–Crippen MR) is 126 cm³/mol. The number of H-pyrrole nitrogens is 1. The van der Waals surface area contributed by atoms with Crippen molar-refractivity contribution in [2.45, 2.75) is 39.4 Å². The minimum Gasteiger partial charge on any atom is -0.383 e. The van der Waals surface area contributed by atoms with Crippen molar-refractivity contribution < 1.29 is 9.18 Å². The zero-order valence-corrected chi connectivity index (χ0v) is 18.5. The number of carbonyl (C=O) groups excluding carboxylic acids is 1. The summed E-state index contributed by atoms with van der Waals surface area (Å²) in [5.41, 5.74) is 6.73. The molecule has 0 spiro atoms. The number of aromatic nitrogens is 2. The van der Waals surface area contributed by atoms with Crippen molar-refractivity contribution >= 4 is 17.4 Å². The summed E-state index contributed by atoms with van der Waals surface area (Å²) in [6, 6.07) is 15.2. The third kappa shape index (κ3) is 6.31. The quantitative estimate of drug-likeness (QED) is 0.436. The van der Waals surface area contributed by atoms with E-state index in [2.05, 4.69) is 10.3 Å². The Morgan fingerprint density at radius 3 is 2.45 bits per heavy atom. The van der Waals surface area contributed by atoms with Gasteiger partial charge in [-0.2, -0.15) is 0 Å². The van der Waals surface area contributed by atoms with Gasteiger partial charge in [0.2, 0.25) is 5.91 Å². The number of nitrogen functional groups attached to an aromatic ring is 1. The van der Waals surface area contributed by atoms with Crippen LogP contribution in [0.1, 0.15) is 30.9 Å². The van der Waals surface area contributed by atoms with Gasteiger partial charge in [-0.15, -0.1) is 0 Å². The minimum absolute atomic E-state index is 0.0273. The monoisotopic (exact) mass is 453 g/mol. The highest BCUT2D eigenvalue weighted by molar-refractivity contribution is 5.82. The van der Waals surface area contributed by atoms with E-state index in [4.69, 9.17) is 5.73 Å². The van der Waals surface area contributed by atoms with Gasteiger partial charge in [-0.1, -0.05) is 55.8 Å². The summed E-state index contributed by atoms with van der Waals surface area (Å²) < 4.78 is 14.4. The van der Waals surface area contributed by atoms with Gasteiger partial charge in [-0.25, -0.2) is 9.18 Å². The molecule has 1 heterocycles. The van der Waals surface area contributed by atoms with Crippen molar-refractivity contribution in [2.75, 3.05) is 17.2 Å². The molecular weight excluding hydrogens is 425 g/mol. The normalized spacial score (nSPS) is 10.7. The van der Waals surface area contributed by atoms with Crippen LogP contribution in [0.4, 0.5) is 15.9 Å². The van der Waals surface area contributed by atoms with Crippen LogP contribution in [-0.4, -0.2) is 22.0 Å². The fourth-order valence-electron chi connectivity index (χ4n) is 3.47. The predicted octanol–water partition coefficient (Wildman–Crippen LogP) is 2.38. The molecule has 0 bridgehead atoms. The first-order valence-corrected chi connectivity index (χ1v) is 10.8. The lowest BCUT2D eigenvalue weighted by Gasteiger charge is -2.26. The summed E-state index contributed by atoms with van der Waals surface area (Å²) in [7, 11) is 0. The maximum atomic E-state index is 13.1. The minimum atomic E-state index is -0.646. The van der Waals surface area contributed by atoms with Crippen LogP contribution in [0.2, 0.25) is 0 Å². The van der Waals surface area contributed by atoms with Gasteiger partial charge in [0.15, 0.2) is 0 Å². The summed E-state index contributed by atoms with van der Waals surface area (Å²) in [6.07, 6.45) is 1.56. The topological polar surface area (TPSA) is 113 Å². The Labute approximate surface area is 190 Å². The number of amides is 1. The van der Waals surface area contributed by atoms with Crippen LogP contribution < -0.4 is 27.2 Å². The molecule has 0 saturated heterocycles. The molecule has 0 fully saturated rings. The average molecular weight is 454 g/mol. The van der Waals surface area contributed by atoms with Gasteiger partial charge in [-0.3, -0.25) is 19.1 Å². The average Bonchev–Trinajstić information content (AvgIpc) is 2.79. The number of anilines is 2. The van der Waals surface area contributed by atoms with Crippen LogP contribution >= 0.6 is 0 Å². The summed E-state index contributed by atoms with van der Waals surface area (Å²) in [5.74, 6) is -0.674. The molecule has 0 aliphatic carbocycles. The highest BCUT2D eigenvalue weighted by Crippen LogP contribution is 2.19. The standard InChI is InChI=1S/C24H28FN5O3/c1-2-3-13-30-22(26)21(23(32)28-24(30)33)29(15-18-7-5-4-6-8-18)16-20(31)27-14-17-9-11-19(25)12-10-17/h4-12H,2-3,13-16,26H2,1H3,(H,27,31)(H,28,32,33). The Kier molecular flexibility index (Phi) is 8.01. The first-order valence-electron chi connectivity index (χ1n) is 10.8. The molecule has 0 unspecified atom stereocenters. The summed E-state index contributed by atoms with van der Waals surface area (Å²) >= 11 is 0. The fraction of sp³-hybridized carbons (Fsp3) is 0.292. The van der Waals surface area contributed by atoms with Gasteiger partial charge < -0.3 is 16.0 Å². The maximum absolute atomic E-state index is 13.1. The van der Waals surface area contributed by atoms with E-state index in [1.165, 1.54) is 16.7 Å². The van der Waals surface area contributed by atoms with E-state index in [1.807, 2.05) is 37.3 Å². The van der Waals surface area contributed by atoms with Gasteiger partial charge in [-0.05, 0) is 29.7 Å². The van der Waals surface area contributed by atoms with Crippen LogP contribution in [0.5, 0.6) is 0 Å². The zero-order chi connectivity index (χ0) is 23.8. The number of nitrogens with zero attached hydrogens (tertiary/aromatic N) is 2. The van der Waals surface area contributed by atoms with E-state index < -0.39 is 11.2 Å². The Balaban J connectivity index is 1.88. The molecule has 0 aliphatic rings. The fourth-order valence-corrected chi connectivity index (χ4v) is 3.47. The molecule has 1 amide bonds. The molecule has 2 aromatic carbocycles. The molecule has 3 rings (SSSR count). The third-order valence-electron chi connectivity index (χ3n) is 5.22. The molecule has 1 aromatic heterocycles. The second-order valence-corrected chi connectivity index (χ2v) is 7.74. The van der Waals surface area contributed by atoms with Gasteiger partial charge in [0.25, 0.3) is 5.56 Å². The molecule has 174 valence electrons. The third-order valence-corrected chi connectivity index (χ3v) is 5.22. The van der Waals surface area contributed by atoms with E-state index in [-0.39, 0.29) is 42.9 Å². The SMILES string of the molecule is CCCCn1c(N)c(N(CC(=O)NCc2ccc(F)cc2)Cc2ccccc2)c(=O)[nH]c1=O. The van der Waals surface area contributed by atoms with Crippen LogP contribution in [0.25, 0.3) is 0 Å². The number of hydrogen-bond acceptors (Lipinski definition) is 5. The van der Waals surface area contributed by atoms with E-state index in [9.17, 15) is 18.8 Å². The lowest BCUT2D eigenvalue weighted by molar-refractivity contribution is -0.119. The van der Waals surface area contributed by atoms with Gasteiger partial charge in [0, 0.05) is 19.6 Å². The van der Waals surface area contributed by atoms with Crippen LogP contribution in [0.3, 0.4) is 0 Å². The van der Waals surface area contributed by atoms with Gasteiger partial charge in [0.05, 0.1) is 6.54 Å². The molecule has 9 heteroatoms. The number of halogens is 1. The van der Waals surface area contributed by atoms with Crippen LogP contribution in [0, 0.1) is 5.82 Å². The smallest absolute Gasteiger partial charge is 0.330 e. The number of hydrogen-bond donors (Lipinski definition) is 3. The number of rotatable bonds is 10. The summed E-state index contributed by atoms with van der Waals surface area (Å²) in [4.78, 5) is 41.7. The van der Waals surface area contributed by atoms with Gasteiger partial charge >= 0.3 is 5.69 Å². The number of carbonyl (C=O) groups is 1. The second-order valence-electron chi connectivity index (χ2n) is 7.74. The molecule has 33 heavy (non-hydrogen) atoms. The van der Waals surface area contributed by atoms with Crippen molar-refractivity contribution in [2.24, 2.45) is 0 Å². The number of aromatic amines is 1. The second kappa shape index (κ2) is 11.1. The Bertz CT molecular complexity index is 1190. The van der Waals surface area contributed by atoms with Crippen LogP contribution in [0.15, 0.2) is 64.2 Å². The zero-order valence-electron chi connectivity index (χ0n) is 18.5. The number of unbranched alkanes of at least 4 members (excludes halogenated alkanes) is 1. The molecule has 3 aromatic rings. The first-order chi connectivity index (χ1) is 15.9. The maximum Gasteiger partial charge on any atom is 0.330 e. The van der Waals surface area contributed by atoms with Crippen molar-refractivity contribution in [3.63, 3.8) is 0 Å². The van der Waals surface area contributed by atoms with Crippen molar-refractivity contribution in [1.82, 2.24) is 14.9 Å². The number of nitrogens with one attached hydrogen (secondary N) is 2. The van der Waals surface area contributed by atoms with Crippen molar-refractivity contribution in [3.8, 4) is 0 Å². The lowest BCUT2D eigenvalue weighted by Crippen LogP contribution is -2.42. The first kappa shape index (κ1) is 23.8. The molecular formula is C24H28FN5O3. The highest BCUT2D eigenvalue weighted by Gasteiger charge is 2.21. The number of nitrogens with two attached hydrogens (primary N) is 1. The van der Waals surface area contributed by atoms with Gasteiger partial charge in [0.1, 0.15) is 17.3 Å². The van der Waals surface area contributed by atoms with E-state index in [0.29, 0.717) is 13.0 Å². The van der Waals surface area contributed by atoms with E-state index in [1.54, 1.807) is 17.0 Å². The Morgan fingerprint density at radius 1 is 1.09 bits per heavy atom. The molecule has 8 nitrogen and oxygen atoms in total. The summed E-state index contributed by atoms with van der Waals surface area (Å²) in [6.45, 7) is 2.64. The van der Waals surface area contributed by atoms with E-state index in [0.717, 1.165) is 17.5 Å². The summed E-state index contributed by atoms with van der Waals surface area (Å²) in [5, 5.41) is 2.78. The largest absolute Gasteiger partial charge is 0.383 e. The molecule has 4 N–H and O–H groups in total. The highest BCUT2D eigenvalue weighted by atomic mass is 19.1. The Hall–Kier alpha value is -3.88. The van der Waals surface area contributed by atoms with Crippen molar-refractivity contribution in [1.29, 1.82) is 0 Å². The molecule has 0 radical (unpaired) electrons. The van der Waals surface area contributed by atoms with Crippen molar-refractivity contribution in [3.05, 3.63) is 92.4 Å². The van der Waals surface area contributed by atoms with E-state index >= 15 is 0 Å². The van der Waals surface area contributed by atoms with Crippen LogP contribution in [-0.2, 0) is 24.4 Å². The molecule has 0 saturated carbocycles. The Morgan fingerprint density at radius 2 is 1.79 bits per heavy atom. The molecule has 0 atom stereocenters. The lowest BCUT2D eigenvalue weighted by atomic mass is 10.2. The number of benzene rings is 2.